The Labute approximate surface area is 218 Å². The predicted molar refractivity (Wildman–Crippen MR) is 145 cm³/mol. The summed E-state index contributed by atoms with van der Waals surface area (Å²) in [5, 5.41) is 10.9. The lowest BCUT2D eigenvalue weighted by Crippen LogP contribution is -2.30. The molecular formula is C25H26N6O4S2. The zero-order valence-corrected chi connectivity index (χ0v) is 21.5. The van der Waals surface area contributed by atoms with E-state index in [9.17, 15) is 13.2 Å². The molecule has 0 saturated heterocycles. The Balaban J connectivity index is 1.71. The fraction of sp³-hybridized carbons (Fsp3) is 0.160. The minimum atomic E-state index is -4.03. The molecule has 3 aromatic carbocycles. The quantitative estimate of drug-likeness (QED) is 0.152. The van der Waals surface area contributed by atoms with Crippen molar-refractivity contribution in [1.29, 1.82) is 5.41 Å². The Bertz CT molecular complexity index is 1570. The van der Waals surface area contributed by atoms with Gasteiger partial charge in [0, 0.05) is 11.3 Å². The molecule has 4 aromatic rings. The number of amides is 1. The molecule has 192 valence electrons. The normalized spacial score (nSPS) is 12.3. The van der Waals surface area contributed by atoms with Crippen LogP contribution in [-0.2, 0) is 21.2 Å². The van der Waals surface area contributed by atoms with Crippen LogP contribution < -0.4 is 26.2 Å². The number of carbonyl (C=O) groups excluding carboxylic acids is 1. The van der Waals surface area contributed by atoms with Crippen molar-refractivity contribution in [3.63, 3.8) is 0 Å². The Morgan fingerprint density at radius 2 is 1.92 bits per heavy atom. The van der Waals surface area contributed by atoms with E-state index in [2.05, 4.69) is 15.0 Å². The van der Waals surface area contributed by atoms with Gasteiger partial charge < -0.3 is 21.5 Å². The third kappa shape index (κ3) is 6.30. The summed E-state index contributed by atoms with van der Waals surface area (Å²) in [6.45, 7) is -0.223. The van der Waals surface area contributed by atoms with Gasteiger partial charge in [-0.05, 0) is 54.4 Å². The van der Waals surface area contributed by atoms with Crippen molar-refractivity contribution in [3.8, 4) is 5.75 Å². The molecule has 0 aliphatic rings. The van der Waals surface area contributed by atoms with E-state index in [0.29, 0.717) is 27.5 Å². The van der Waals surface area contributed by atoms with E-state index in [1.54, 1.807) is 37.4 Å². The highest BCUT2D eigenvalue weighted by Gasteiger charge is 2.25. The van der Waals surface area contributed by atoms with Crippen LogP contribution in [0.25, 0.3) is 10.2 Å². The highest BCUT2D eigenvalue weighted by atomic mass is 32.2. The van der Waals surface area contributed by atoms with Crippen LogP contribution >= 0.6 is 11.3 Å². The first-order valence-electron chi connectivity index (χ1n) is 11.2. The predicted octanol–water partition coefficient (Wildman–Crippen LogP) is 2.75. The van der Waals surface area contributed by atoms with Gasteiger partial charge in [-0.2, -0.15) is 0 Å². The lowest BCUT2D eigenvalue weighted by molar-refractivity contribution is -0.114. The number of nitrogens with one attached hydrogen (secondary N) is 3. The number of hydrogen-bond donors (Lipinski definition) is 5. The molecule has 0 saturated carbocycles. The van der Waals surface area contributed by atoms with Crippen molar-refractivity contribution in [2.45, 2.75) is 17.4 Å². The summed E-state index contributed by atoms with van der Waals surface area (Å²) in [7, 11) is -2.45. The minimum Gasteiger partial charge on any atom is -0.497 e. The number of nitrogen functional groups attached to an aromatic ring is 1. The number of methoxy groups -OCH3 is 1. The van der Waals surface area contributed by atoms with Crippen LogP contribution in [0.4, 0.5) is 5.69 Å². The number of anilines is 1. The second kappa shape index (κ2) is 11.0. The number of ether oxygens (including phenoxy) is 1. The van der Waals surface area contributed by atoms with Crippen LogP contribution in [0.15, 0.2) is 71.6 Å². The van der Waals surface area contributed by atoms with E-state index in [1.807, 2.05) is 18.2 Å². The summed E-state index contributed by atoms with van der Waals surface area (Å²) in [6.07, 6.45) is 0.265. The van der Waals surface area contributed by atoms with Gasteiger partial charge in [0.1, 0.15) is 16.6 Å². The Morgan fingerprint density at radius 1 is 1.14 bits per heavy atom. The second-order valence-electron chi connectivity index (χ2n) is 8.16. The topological polar surface area (TPSA) is 173 Å². The number of nitrogens with zero attached hydrogens (tertiary/aromatic N) is 1. The van der Waals surface area contributed by atoms with Crippen LogP contribution in [0.2, 0.25) is 0 Å². The van der Waals surface area contributed by atoms with Gasteiger partial charge in [0.25, 0.3) is 0 Å². The van der Waals surface area contributed by atoms with Crippen LogP contribution in [0.3, 0.4) is 0 Å². The number of fused-ring (bicyclic) bond motifs is 1. The number of rotatable bonds is 10. The molecular weight excluding hydrogens is 512 g/mol. The summed E-state index contributed by atoms with van der Waals surface area (Å²) in [4.78, 5) is 16.3. The average molecular weight is 539 g/mol. The summed E-state index contributed by atoms with van der Waals surface area (Å²) >= 11 is 1.36. The monoisotopic (exact) mass is 538 g/mol. The molecule has 1 heterocycles. The van der Waals surface area contributed by atoms with Crippen LogP contribution in [0, 0.1) is 5.41 Å². The van der Waals surface area contributed by atoms with Crippen molar-refractivity contribution in [2.75, 3.05) is 19.0 Å². The summed E-state index contributed by atoms with van der Waals surface area (Å²) < 4.78 is 35.8. The highest BCUT2D eigenvalue weighted by molar-refractivity contribution is 7.89. The van der Waals surface area contributed by atoms with Crippen molar-refractivity contribution in [2.24, 2.45) is 11.5 Å². The van der Waals surface area contributed by atoms with E-state index in [-0.39, 0.29) is 23.7 Å². The van der Waals surface area contributed by atoms with Crippen LogP contribution in [-0.4, -0.2) is 38.8 Å². The molecule has 1 amide bonds. The number of benzene rings is 3. The van der Waals surface area contributed by atoms with Gasteiger partial charge in [-0.1, -0.05) is 24.3 Å². The summed E-state index contributed by atoms with van der Waals surface area (Å²) in [5.74, 6) is 0.156. The molecule has 0 radical (unpaired) electrons. The zero-order valence-electron chi connectivity index (χ0n) is 19.9. The first-order valence-corrected chi connectivity index (χ1v) is 13.5. The molecule has 12 heteroatoms. The van der Waals surface area contributed by atoms with E-state index in [0.717, 1.165) is 10.3 Å². The molecule has 4 rings (SSSR count). The summed E-state index contributed by atoms with van der Waals surface area (Å²) in [5.41, 5.74) is 13.4. The number of hydrogen-bond acceptors (Lipinski definition) is 8. The zero-order chi connectivity index (χ0) is 26.6. The number of amidine groups is 1. The Kier molecular flexibility index (Phi) is 7.83. The number of carbonyl (C=O) groups is 1. The van der Waals surface area contributed by atoms with Gasteiger partial charge in [-0.15, -0.1) is 11.3 Å². The number of thiazole rings is 1. The fourth-order valence-electron chi connectivity index (χ4n) is 3.69. The molecule has 0 fully saturated rings. The van der Waals surface area contributed by atoms with E-state index < -0.39 is 22.0 Å². The maximum absolute atomic E-state index is 13.5. The van der Waals surface area contributed by atoms with E-state index >= 15 is 0 Å². The Morgan fingerprint density at radius 3 is 2.65 bits per heavy atom. The lowest BCUT2D eigenvalue weighted by atomic mass is 10.0. The smallest absolute Gasteiger partial charge is 0.241 e. The third-order valence-electron chi connectivity index (χ3n) is 5.50. The van der Waals surface area contributed by atoms with E-state index in [4.69, 9.17) is 21.6 Å². The summed E-state index contributed by atoms with van der Waals surface area (Å²) in [6, 6.07) is 17.7. The van der Waals surface area contributed by atoms with Crippen molar-refractivity contribution < 1.29 is 17.9 Å². The number of nitrogens with two attached hydrogens (primary N) is 2. The number of sulfonamides is 1. The fourth-order valence-corrected chi connectivity index (χ4v) is 6.06. The van der Waals surface area contributed by atoms with Gasteiger partial charge in [0.2, 0.25) is 15.9 Å². The molecule has 0 aliphatic carbocycles. The molecule has 0 bridgehead atoms. The lowest BCUT2D eigenvalue weighted by Gasteiger charge is -2.18. The first-order chi connectivity index (χ1) is 17.7. The van der Waals surface area contributed by atoms with Gasteiger partial charge in [0.15, 0.2) is 0 Å². The van der Waals surface area contributed by atoms with Crippen LogP contribution in [0.1, 0.15) is 22.2 Å². The second-order valence-corrected chi connectivity index (χ2v) is 10.9. The minimum absolute atomic E-state index is 0.0208. The first kappa shape index (κ1) is 26.2. The van der Waals surface area contributed by atoms with Gasteiger partial charge in [0.05, 0.1) is 34.8 Å². The van der Waals surface area contributed by atoms with E-state index in [1.165, 1.54) is 29.5 Å². The van der Waals surface area contributed by atoms with Crippen molar-refractivity contribution >= 4 is 49.0 Å². The van der Waals surface area contributed by atoms with Crippen LogP contribution in [0.5, 0.6) is 5.75 Å². The van der Waals surface area contributed by atoms with Gasteiger partial charge >= 0.3 is 0 Å². The third-order valence-corrected chi connectivity index (χ3v) is 8.10. The molecule has 1 unspecified atom stereocenters. The molecule has 1 aromatic heterocycles. The van der Waals surface area contributed by atoms with Gasteiger partial charge in [-0.25, -0.2) is 18.1 Å². The SMILES string of the molecule is COc1ccc2nc(C(Cc3cccc(C(=N)N)c3)NS(=O)(=O)c3cccc(NC(=O)CN)c3)sc2c1. The molecule has 0 spiro atoms. The van der Waals surface area contributed by atoms with Crippen molar-refractivity contribution in [3.05, 3.63) is 82.9 Å². The molecule has 1 atom stereocenters. The maximum Gasteiger partial charge on any atom is 0.241 e. The molecule has 7 N–H and O–H groups in total. The highest BCUT2D eigenvalue weighted by Crippen LogP contribution is 2.32. The number of aromatic nitrogens is 1. The molecule has 0 aliphatic heterocycles. The van der Waals surface area contributed by atoms with Crippen molar-refractivity contribution in [1.82, 2.24) is 9.71 Å². The maximum atomic E-state index is 13.5. The average Bonchev–Trinajstić information content (AvgIpc) is 3.32. The largest absolute Gasteiger partial charge is 0.497 e. The van der Waals surface area contributed by atoms with Gasteiger partial charge in [-0.3, -0.25) is 10.2 Å². The molecule has 37 heavy (non-hydrogen) atoms. The Hall–Kier alpha value is -3.84. The standard InChI is InChI=1S/C25H26N6O4S2/c1-35-18-8-9-20-22(13-18)36-25(30-20)21(11-15-4-2-5-16(10-15)24(27)28)31-37(33,34)19-7-3-6-17(12-19)29-23(32)14-26/h2-10,12-13,21,31H,11,14,26H2,1H3,(H3,27,28)(H,29,32). The molecule has 10 nitrogen and oxygen atoms in total.